The molecule has 0 bridgehead atoms. The van der Waals surface area contributed by atoms with Gasteiger partial charge in [0.15, 0.2) is 0 Å². The smallest absolute Gasteiger partial charge is 0.223 e. The molecule has 0 aliphatic heterocycles. The van der Waals surface area contributed by atoms with Gasteiger partial charge >= 0.3 is 0 Å². The Morgan fingerprint density at radius 2 is 2.00 bits per heavy atom. The fourth-order valence-corrected chi connectivity index (χ4v) is 4.42. The van der Waals surface area contributed by atoms with E-state index in [2.05, 4.69) is 74.5 Å². The van der Waals surface area contributed by atoms with Crippen LogP contribution in [0.2, 0.25) is 0 Å². The summed E-state index contributed by atoms with van der Waals surface area (Å²) in [6, 6.07) is 14.8. The van der Waals surface area contributed by atoms with Crippen molar-refractivity contribution >= 4 is 32.7 Å². The molecule has 5 heteroatoms. The Kier molecular flexibility index (Phi) is 6.78. The van der Waals surface area contributed by atoms with Crippen molar-refractivity contribution in [1.29, 1.82) is 0 Å². The zero-order valence-corrected chi connectivity index (χ0v) is 19.1. The molecule has 0 radical (unpaired) electrons. The van der Waals surface area contributed by atoms with Crippen molar-refractivity contribution in [3.8, 4) is 5.75 Å². The average Bonchev–Trinajstić information content (AvgIpc) is 3.54. The van der Waals surface area contributed by atoms with E-state index in [4.69, 9.17) is 4.74 Å². The van der Waals surface area contributed by atoms with Crippen LogP contribution in [0.15, 0.2) is 53.1 Å². The second-order valence-corrected chi connectivity index (χ2v) is 8.82. The molecule has 0 unspecified atom stereocenters. The number of nitrogens with zero attached hydrogens (tertiary/aromatic N) is 1. The van der Waals surface area contributed by atoms with Crippen LogP contribution < -0.4 is 10.1 Å². The highest BCUT2D eigenvalue weighted by Gasteiger charge is 2.29. The number of carbonyl (C=O) groups is 1. The molecule has 3 aromatic rings. The lowest BCUT2D eigenvalue weighted by Crippen LogP contribution is -2.26. The third kappa shape index (κ3) is 5.07. The number of rotatable bonds is 10. The van der Waals surface area contributed by atoms with Crippen LogP contribution in [-0.4, -0.2) is 23.6 Å². The van der Waals surface area contributed by atoms with Crippen LogP contribution in [0.5, 0.6) is 5.75 Å². The van der Waals surface area contributed by atoms with Crippen molar-refractivity contribution in [3.05, 3.63) is 64.3 Å². The number of nitrogens with one attached hydrogen (secondary N) is 1. The molecule has 1 aromatic heterocycles. The summed E-state index contributed by atoms with van der Waals surface area (Å²) in [5.41, 5.74) is 3.84. The van der Waals surface area contributed by atoms with Gasteiger partial charge < -0.3 is 14.6 Å². The van der Waals surface area contributed by atoms with Gasteiger partial charge in [0.1, 0.15) is 5.75 Å². The lowest BCUT2D eigenvalue weighted by molar-refractivity contribution is -0.122. The van der Waals surface area contributed by atoms with Gasteiger partial charge in [0.05, 0.1) is 6.61 Å². The van der Waals surface area contributed by atoms with Gasteiger partial charge in [-0.1, -0.05) is 34.1 Å². The molecular formula is C25H29BrN2O2. The van der Waals surface area contributed by atoms with Crippen LogP contribution in [0.4, 0.5) is 0 Å². The molecule has 0 saturated heterocycles. The van der Waals surface area contributed by atoms with E-state index in [-0.39, 0.29) is 11.8 Å². The largest absolute Gasteiger partial charge is 0.494 e. The number of aromatic nitrogens is 1. The quantitative estimate of drug-likeness (QED) is 0.426. The molecule has 1 saturated carbocycles. The van der Waals surface area contributed by atoms with Gasteiger partial charge in [-0.2, -0.15) is 0 Å². The van der Waals surface area contributed by atoms with Gasteiger partial charge in [0.2, 0.25) is 5.91 Å². The molecular weight excluding hydrogens is 440 g/mol. The summed E-state index contributed by atoms with van der Waals surface area (Å²) in [4.78, 5) is 12.0. The first-order valence-electron chi connectivity index (χ1n) is 10.9. The predicted molar refractivity (Wildman–Crippen MR) is 125 cm³/mol. The van der Waals surface area contributed by atoms with E-state index in [1.165, 1.54) is 26.5 Å². The van der Waals surface area contributed by atoms with E-state index < -0.39 is 0 Å². The Morgan fingerprint density at radius 1 is 1.17 bits per heavy atom. The van der Waals surface area contributed by atoms with Gasteiger partial charge in [-0.15, -0.1) is 0 Å². The van der Waals surface area contributed by atoms with Crippen molar-refractivity contribution in [2.75, 3.05) is 13.2 Å². The third-order valence-corrected chi connectivity index (χ3v) is 6.46. The van der Waals surface area contributed by atoms with Gasteiger partial charge in [0.25, 0.3) is 0 Å². The molecule has 4 rings (SSSR count). The summed E-state index contributed by atoms with van der Waals surface area (Å²) in [6.07, 6.45) is 7.27. The van der Waals surface area contributed by atoms with E-state index in [1.54, 1.807) is 0 Å². The molecule has 1 heterocycles. The Balaban J connectivity index is 1.48. The first-order chi connectivity index (χ1) is 14.7. The van der Waals surface area contributed by atoms with Gasteiger partial charge in [0, 0.05) is 40.6 Å². The SMILES string of the molecule is CCOc1ccc2c(c1)c(CCNC(=O)C1CC1)cn2CCCc1ccccc1Br. The number of amides is 1. The first kappa shape index (κ1) is 21.0. The van der Waals surface area contributed by atoms with Gasteiger partial charge in [-0.05, 0) is 74.4 Å². The molecule has 1 fully saturated rings. The Labute approximate surface area is 186 Å². The Hall–Kier alpha value is -2.27. The van der Waals surface area contributed by atoms with E-state index in [0.717, 1.165) is 44.4 Å². The van der Waals surface area contributed by atoms with Crippen molar-refractivity contribution in [2.24, 2.45) is 5.92 Å². The Morgan fingerprint density at radius 3 is 2.77 bits per heavy atom. The lowest BCUT2D eigenvalue weighted by Gasteiger charge is -2.08. The maximum atomic E-state index is 12.0. The number of ether oxygens (including phenoxy) is 1. The van der Waals surface area contributed by atoms with E-state index in [0.29, 0.717) is 13.2 Å². The van der Waals surface area contributed by atoms with Crippen molar-refractivity contribution < 1.29 is 9.53 Å². The minimum absolute atomic E-state index is 0.210. The maximum absolute atomic E-state index is 12.0. The van der Waals surface area contributed by atoms with Crippen molar-refractivity contribution in [1.82, 2.24) is 9.88 Å². The van der Waals surface area contributed by atoms with Crippen LogP contribution in [-0.2, 0) is 24.2 Å². The number of benzene rings is 2. The molecule has 0 atom stereocenters. The average molecular weight is 469 g/mol. The van der Waals surface area contributed by atoms with Gasteiger partial charge in [-0.3, -0.25) is 4.79 Å². The second-order valence-electron chi connectivity index (χ2n) is 7.97. The summed E-state index contributed by atoms with van der Waals surface area (Å²) >= 11 is 3.65. The zero-order chi connectivity index (χ0) is 20.9. The molecule has 1 N–H and O–H groups in total. The third-order valence-electron chi connectivity index (χ3n) is 5.69. The minimum atomic E-state index is 0.210. The summed E-state index contributed by atoms with van der Waals surface area (Å²) in [5.74, 6) is 1.37. The maximum Gasteiger partial charge on any atom is 0.223 e. The van der Waals surface area contributed by atoms with Crippen LogP contribution in [0.3, 0.4) is 0 Å². The number of aryl methyl sites for hydroxylation is 2. The van der Waals surface area contributed by atoms with Crippen LogP contribution >= 0.6 is 15.9 Å². The highest BCUT2D eigenvalue weighted by Crippen LogP contribution is 2.29. The van der Waals surface area contributed by atoms with E-state index >= 15 is 0 Å². The zero-order valence-electron chi connectivity index (χ0n) is 17.5. The van der Waals surface area contributed by atoms with Gasteiger partial charge in [-0.25, -0.2) is 0 Å². The lowest BCUT2D eigenvalue weighted by atomic mass is 10.1. The van der Waals surface area contributed by atoms with Crippen molar-refractivity contribution in [3.63, 3.8) is 0 Å². The van der Waals surface area contributed by atoms with Crippen molar-refractivity contribution in [2.45, 2.75) is 45.6 Å². The summed E-state index contributed by atoms with van der Waals surface area (Å²) in [7, 11) is 0. The molecule has 0 spiro atoms. The molecule has 158 valence electrons. The Bertz CT molecular complexity index is 1020. The number of hydrogen-bond donors (Lipinski definition) is 1. The minimum Gasteiger partial charge on any atom is -0.494 e. The molecule has 2 aromatic carbocycles. The standard InChI is InChI=1S/C25H29BrN2O2/c1-2-30-21-11-12-24-22(16-21)20(13-14-27-25(29)19-9-10-19)17-28(24)15-5-7-18-6-3-4-8-23(18)26/h3-4,6,8,11-12,16-17,19H,2,5,7,9-10,13-15H2,1H3,(H,27,29). The second kappa shape index (κ2) is 9.69. The predicted octanol–water partition coefficient (Wildman–Crippen LogP) is 5.50. The molecule has 1 amide bonds. The summed E-state index contributed by atoms with van der Waals surface area (Å²) in [5, 5.41) is 4.32. The first-order valence-corrected chi connectivity index (χ1v) is 11.7. The van der Waals surface area contributed by atoms with Crippen LogP contribution in [0.1, 0.15) is 37.3 Å². The van der Waals surface area contributed by atoms with Crippen LogP contribution in [0, 0.1) is 5.92 Å². The normalized spacial score (nSPS) is 13.5. The number of fused-ring (bicyclic) bond motifs is 1. The number of carbonyl (C=O) groups excluding carboxylic acids is 1. The molecule has 1 aliphatic rings. The summed E-state index contributed by atoms with van der Waals surface area (Å²) in [6.45, 7) is 4.31. The number of halogens is 1. The highest BCUT2D eigenvalue weighted by molar-refractivity contribution is 9.10. The monoisotopic (exact) mass is 468 g/mol. The van der Waals surface area contributed by atoms with E-state index in [1.807, 2.05) is 6.92 Å². The highest BCUT2D eigenvalue weighted by atomic mass is 79.9. The topological polar surface area (TPSA) is 43.3 Å². The summed E-state index contributed by atoms with van der Waals surface area (Å²) < 4.78 is 9.25. The van der Waals surface area contributed by atoms with Crippen LogP contribution in [0.25, 0.3) is 10.9 Å². The number of hydrogen-bond acceptors (Lipinski definition) is 2. The molecule has 4 nitrogen and oxygen atoms in total. The van der Waals surface area contributed by atoms with E-state index in [9.17, 15) is 4.79 Å². The fourth-order valence-electron chi connectivity index (χ4n) is 3.94. The fraction of sp³-hybridized carbons (Fsp3) is 0.400. The molecule has 30 heavy (non-hydrogen) atoms. The molecule has 1 aliphatic carbocycles.